The van der Waals surface area contributed by atoms with Crippen LogP contribution < -0.4 is 5.32 Å². The van der Waals surface area contributed by atoms with Crippen LogP contribution in [-0.4, -0.2) is 61.7 Å². The van der Waals surface area contributed by atoms with Gasteiger partial charge in [-0.15, -0.1) is 0 Å². The molecule has 1 heterocycles. The smallest absolute Gasteiger partial charge is 0.0113 e. The minimum absolute atomic E-state index is 0.732. The summed E-state index contributed by atoms with van der Waals surface area (Å²) in [6.07, 6.45) is 1.28. The van der Waals surface area contributed by atoms with Gasteiger partial charge in [0.1, 0.15) is 0 Å². The van der Waals surface area contributed by atoms with Crippen LogP contribution in [0.25, 0.3) is 0 Å². The Bertz CT molecular complexity index is 186. The lowest BCUT2D eigenvalue weighted by Crippen LogP contribution is -2.50. The average molecular weight is 241 g/mol. The van der Waals surface area contributed by atoms with Gasteiger partial charge in [0.25, 0.3) is 0 Å². The van der Waals surface area contributed by atoms with Crippen molar-refractivity contribution < 1.29 is 0 Å². The Balaban J connectivity index is 2.17. The molecule has 17 heavy (non-hydrogen) atoms. The summed E-state index contributed by atoms with van der Waals surface area (Å²) in [6.45, 7) is 17.7. The second-order valence-corrected chi connectivity index (χ2v) is 5.72. The molecule has 1 aliphatic rings. The number of rotatable bonds is 7. The zero-order valence-electron chi connectivity index (χ0n) is 12.2. The van der Waals surface area contributed by atoms with Gasteiger partial charge in [0, 0.05) is 38.8 Å². The number of hydrogen-bond donors (Lipinski definition) is 1. The fraction of sp³-hybridized carbons (Fsp3) is 1.00. The summed E-state index contributed by atoms with van der Waals surface area (Å²) in [4.78, 5) is 5.26. The van der Waals surface area contributed by atoms with E-state index in [4.69, 9.17) is 0 Å². The van der Waals surface area contributed by atoms with Gasteiger partial charge in [0.2, 0.25) is 0 Å². The van der Waals surface area contributed by atoms with Gasteiger partial charge in [0.15, 0.2) is 0 Å². The van der Waals surface area contributed by atoms with Gasteiger partial charge >= 0.3 is 0 Å². The highest BCUT2D eigenvalue weighted by Gasteiger charge is 2.20. The van der Waals surface area contributed by atoms with Crippen molar-refractivity contribution in [2.24, 2.45) is 5.92 Å². The zero-order chi connectivity index (χ0) is 12.7. The maximum Gasteiger partial charge on any atom is 0.0113 e. The molecule has 0 aromatic rings. The molecule has 1 N–H and O–H groups in total. The van der Waals surface area contributed by atoms with E-state index in [-0.39, 0.29) is 0 Å². The number of hydrogen-bond acceptors (Lipinski definition) is 3. The molecule has 1 rings (SSSR count). The predicted octanol–water partition coefficient (Wildman–Crippen LogP) is 1.65. The second-order valence-electron chi connectivity index (χ2n) is 5.72. The molecule has 0 radical (unpaired) electrons. The van der Waals surface area contributed by atoms with Crippen LogP contribution in [-0.2, 0) is 0 Å². The maximum absolute atomic E-state index is 3.42. The van der Waals surface area contributed by atoms with Crippen LogP contribution in [0, 0.1) is 5.92 Å². The third-order valence-electron chi connectivity index (χ3n) is 3.64. The van der Waals surface area contributed by atoms with E-state index in [1.54, 1.807) is 0 Å². The van der Waals surface area contributed by atoms with Gasteiger partial charge in [-0.1, -0.05) is 20.8 Å². The highest BCUT2D eigenvalue weighted by molar-refractivity contribution is 4.77. The summed E-state index contributed by atoms with van der Waals surface area (Å²) in [5.74, 6) is 0.799. The first-order valence-corrected chi connectivity index (χ1v) is 7.30. The largest absolute Gasteiger partial charge is 0.317 e. The first-order valence-electron chi connectivity index (χ1n) is 7.30. The molecule has 1 saturated heterocycles. The van der Waals surface area contributed by atoms with E-state index in [1.807, 2.05) is 0 Å². The summed E-state index contributed by atoms with van der Waals surface area (Å²) >= 11 is 0. The van der Waals surface area contributed by atoms with Crippen LogP contribution in [0.4, 0.5) is 0 Å². The normalized spacial score (nSPS) is 21.0. The summed E-state index contributed by atoms with van der Waals surface area (Å²) in [5.41, 5.74) is 0. The van der Waals surface area contributed by atoms with Crippen LogP contribution in [0.1, 0.15) is 34.1 Å². The van der Waals surface area contributed by atoms with E-state index < -0.39 is 0 Å². The fourth-order valence-electron chi connectivity index (χ4n) is 2.57. The quantitative estimate of drug-likeness (QED) is 0.684. The van der Waals surface area contributed by atoms with Crippen LogP contribution >= 0.6 is 0 Å². The molecule has 102 valence electrons. The van der Waals surface area contributed by atoms with Crippen LogP contribution in [0.2, 0.25) is 0 Å². The maximum atomic E-state index is 3.42. The summed E-state index contributed by atoms with van der Waals surface area (Å²) < 4.78 is 0. The van der Waals surface area contributed by atoms with Crippen molar-refractivity contribution in [1.82, 2.24) is 15.1 Å². The van der Waals surface area contributed by atoms with Crippen LogP contribution in [0.3, 0.4) is 0 Å². The van der Waals surface area contributed by atoms with Crippen LogP contribution in [0.5, 0.6) is 0 Å². The van der Waals surface area contributed by atoms with Gasteiger partial charge in [0.05, 0.1) is 0 Å². The molecule has 1 fully saturated rings. The minimum Gasteiger partial charge on any atom is -0.317 e. The predicted molar refractivity (Wildman–Crippen MR) is 75.5 cm³/mol. The Morgan fingerprint density at radius 2 is 1.71 bits per heavy atom. The molecule has 0 bridgehead atoms. The van der Waals surface area contributed by atoms with Crippen molar-refractivity contribution in [3.05, 3.63) is 0 Å². The summed E-state index contributed by atoms with van der Waals surface area (Å²) in [5, 5.41) is 3.42. The molecule has 1 aliphatic heterocycles. The van der Waals surface area contributed by atoms with Gasteiger partial charge in [-0.25, -0.2) is 0 Å². The van der Waals surface area contributed by atoms with Gasteiger partial charge < -0.3 is 10.2 Å². The monoisotopic (exact) mass is 241 g/mol. The summed E-state index contributed by atoms with van der Waals surface area (Å²) in [6, 6.07) is 0.732. The Kier molecular flexibility index (Phi) is 7.09. The van der Waals surface area contributed by atoms with Crippen molar-refractivity contribution in [3.63, 3.8) is 0 Å². The topological polar surface area (TPSA) is 18.5 Å². The second kappa shape index (κ2) is 8.06. The minimum atomic E-state index is 0.732. The Labute approximate surface area is 108 Å². The van der Waals surface area contributed by atoms with Gasteiger partial charge in [-0.05, 0) is 32.4 Å². The molecule has 3 nitrogen and oxygen atoms in total. The lowest BCUT2D eigenvalue weighted by Gasteiger charge is -2.38. The molecule has 0 aromatic carbocycles. The molecule has 0 amide bonds. The van der Waals surface area contributed by atoms with E-state index in [1.165, 1.54) is 39.1 Å². The molecule has 1 unspecified atom stereocenters. The molecular formula is C14H31N3. The van der Waals surface area contributed by atoms with Crippen molar-refractivity contribution in [2.75, 3.05) is 45.8 Å². The molecule has 0 aliphatic carbocycles. The third kappa shape index (κ3) is 5.84. The number of nitrogens with zero attached hydrogens (tertiary/aromatic N) is 2. The highest BCUT2D eigenvalue weighted by Crippen LogP contribution is 2.10. The standard InChI is InChI=1S/C14H31N3/c1-5-15-7-6-14(4)17-10-8-16(9-11-17)12-13(2)3/h13-15H,5-12H2,1-4H3. The summed E-state index contributed by atoms with van der Waals surface area (Å²) in [7, 11) is 0. The molecule has 0 aromatic heterocycles. The number of nitrogens with one attached hydrogen (secondary N) is 1. The van der Waals surface area contributed by atoms with E-state index in [0.29, 0.717) is 0 Å². The van der Waals surface area contributed by atoms with E-state index in [9.17, 15) is 0 Å². The van der Waals surface area contributed by atoms with Crippen molar-refractivity contribution in [1.29, 1.82) is 0 Å². The van der Waals surface area contributed by atoms with E-state index >= 15 is 0 Å². The first-order chi connectivity index (χ1) is 8.13. The molecule has 3 heteroatoms. The molecule has 0 saturated carbocycles. The highest BCUT2D eigenvalue weighted by atomic mass is 15.3. The van der Waals surface area contributed by atoms with E-state index in [0.717, 1.165) is 25.0 Å². The fourth-order valence-corrected chi connectivity index (χ4v) is 2.57. The SMILES string of the molecule is CCNCCC(C)N1CCN(CC(C)C)CC1. The Morgan fingerprint density at radius 1 is 1.06 bits per heavy atom. The van der Waals surface area contributed by atoms with E-state index in [2.05, 4.69) is 42.8 Å². The molecule has 0 spiro atoms. The third-order valence-corrected chi connectivity index (χ3v) is 3.64. The number of piperazine rings is 1. The van der Waals surface area contributed by atoms with Crippen molar-refractivity contribution >= 4 is 0 Å². The van der Waals surface area contributed by atoms with Crippen molar-refractivity contribution in [2.45, 2.75) is 40.2 Å². The lowest BCUT2D eigenvalue weighted by atomic mass is 10.1. The van der Waals surface area contributed by atoms with Crippen molar-refractivity contribution in [3.8, 4) is 0 Å². The molecular weight excluding hydrogens is 210 g/mol. The van der Waals surface area contributed by atoms with Gasteiger partial charge in [-0.3, -0.25) is 4.90 Å². The lowest BCUT2D eigenvalue weighted by molar-refractivity contribution is 0.0917. The molecule has 1 atom stereocenters. The average Bonchev–Trinajstić information content (AvgIpc) is 2.29. The Hall–Kier alpha value is -0.120. The van der Waals surface area contributed by atoms with Gasteiger partial charge in [-0.2, -0.15) is 0 Å². The Morgan fingerprint density at radius 3 is 2.24 bits per heavy atom. The first kappa shape index (κ1) is 14.9. The zero-order valence-corrected chi connectivity index (χ0v) is 12.2. The van der Waals surface area contributed by atoms with Crippen LogP contribution in [0.15, 0.2) is 0 Å².